The fourth-order valence-electron chi connectivity index (χ4n) is 1.94. The van der Waals surface area contributed by atoms with Crippen LogP contribution >= 0.6 is 0 Å². The second-order valence-electron chi connectivity index (χ2n) is 4.22. The van der Waals surface area contributed by atoms with Crippen LogP contribution in [0.4, 0.5) is 0 Å². The van der Waals surface area contributed by atoms with E-state index >= 15 is 0 Å². The number of rotatable bonds is 2. The van der Waals surface area contributed by atoms with Crippen LogP contribution in [0, 0.1) is 0 Å². The van der Waals surface area contributed by atoms with Gasteiger partial charge in [-0.2, -0.15) is 0 Å². The summed E-state index contributed by atoms with van der Waals surface area (Å²) in [4.78, 5) is 0. The molecule has 3 heteroatoms. The van der Waals surface area contributed by atoms with Crippen molar-refractivity contribution in [3.05, 3.63) is 0 Å². The minimum Gasteiger partial charge on any atom is -0.327 e. The summed E-state index contributed by atoms with van der Waals surface area (Å²) < 4.78 is 11.9. The maximum Gasteiger partial charge on any atom is 0.0501 e. The van der Waals surface area contributed by atoms with E-state index < -0.39 is 10.8 Å². The second kappa shape index (κ2) is 5.11. The van der Waals surface area contributed by atoms with E-state index in [0.717, 1.165) is 12.8 Å². The zero-order valence-electron chi connectivity index (χ0n) is 8.66. The monoisotopic (exact) mass is 203 g/mol. The van der Waals surface area contributed by atoms with Crippen LogP contribution in [0.1, 0.15) is 46.0 Å². The topological polar surface area (TPSA) is 43.1 Å². The lowest BCUT2D eigenvalue weighted by atomic mass is 10.1. The molecule has 1 aliphatic rings. The first-order valence-corrected chi connectivity index (χ1v) is 6.55. The number of hydrogen-bond donors (Lipinski definition) is 1. The van der Waals surface area contributed by atoms with Gasteiger partial charge in [-0.3, -0.25) is 4.21 Å². The smallest absolute Gasteiger partial charge is 0.0501 e. The summed E-state index contributed by atoms with van der Waals surface area (Å²) in [6.07, 6.45) is 5.80. The summed E-state index contributed by atoms with van der Waals surface area (Å²) in [5.74, 6) is 0. The van der Waals surface area contributed by atoms with Gasteiger partial charge in [-0.1, -0.05) is 33.1 Å². The Morgan fingerprint density at radius 1 is 1.23 bits per heavy atom. The summed E-state index contributed by atoms with van der Waals surface area (Å²) in [5.41, 5.74) is 6.02. The normalized spacial score (nSPS) is 32.9. The van der Waals surface area contributed by atoms with Crippen molar-refractivity contribution in [1.82, 2.24) is 0 Å². The summed E-state index contributed by atoms with van der Waals surface area (Å²) in [6, 6.07) is 0.172. The molecule has 0 aromatic rings. The Labute approximate surface area is 83.7 Å². The third kappa shape index (κ3) is 3.06. The van der Waals surface area contributed by atoms with Crippen molar-refractivity contribution in [2.75, 3.05) is 0 Å². The van der Waals surface area contributed by atoms with E-state index in [-0.39, 0.29) is 16.5 Å². The SMILES string of the molecule is CC(C)S(=O)C1CCCCCC1N. The van der Waals surface area contributed by atoms with Crippen molar-refractivity contribution < 1.29 is 4.21 Å². The average Bonchev–Trinajstić information content (AvgIpc) is 2.28. The van der Waals surface area contributed by atoms with Gasteiger partial charge in [0.25, 0.3) is 0 Å². The molecule has 1 rings (SSSR count). The lowest BCUT2D eigenvalue weighted by molar-refractivity contribution is 0.571. The highest BCUT2D eigenvalue weighted by atomic mass is 32.2. The molecular formula is C10H21NOS. The Hall–Kier alpha value is 0.110. The van der Waals surface area contributed by atoms with Crippen LogP contribution in [0.15, 0.2) is 0 Å². The van der Waals surface area contributed by atoms with Crippen molar-refractivity contribution in [2.24, 2.45) is 5.73 Å². The Morgan fingerprint density at radius 2 is 1.85 bits per heavy atom. The van der Waals surface area contributed by atoms with Gasteiger partial charge in [0.15, 0.2) is 0 Å². The van der Waals surface area contributed by atoms with Crippen molar-refractivity contribution in [2.45, 2.75) is 62.5 Å². The largest absolute Gasteiger partial charge is 0.327 e. The quantitative estimate of drug-likeness (QED) is 0.695. The van der Waals surface area contributed by atoms with Gasteiger partial charge >= 0.3 is 0 Å². The van der Waals surface area contributed by atoms with E-state index in [0.29, 0.717) is 0 Å². The Bertz CT molecular complexity index is 182. The highest BCUT2D eigenvalue weighted by Gasteiger charge is 2.27. The van der Waals surface area contributed by atoms with Gasteiger partial charge in [0.2, 0.25) is 0 Å². The minimum atomic E-state index is -0.724. The van der Waals surface area contributed by atoms with Crippen LogP contribution in [-0.4, -0.2) is 20.8 Å². The molecule has 0 aromatic carbocycles. The summed E-state index contributed by atoms with van der Waals surface area (Å²) in [6.45, 7) is 4.04. The van der Waals surface area contributed by atoms with Gasteiger partial charge < -0.3 is 5.73 Å². The number of nitrogens with two attached hydrogens (primary N) is 1. The van der Waals surface area contributed by atoms with E-state index in [2.05, 4.69) is 0 Å². The lowest BCUT2D eigenvalue weighted by Gasteiger charge is -2.22. The second-order valence-corrected chi connectivity index (χ2v) is 6.42. The van der Waals surface area contributed by atoms with Crippen LogP contribution in [-0.2, 0) is 10.8 Å². The molecule has 3 atom stereocenters. The van der Waals surface area contributed by atoms with Gasteiger partial charge in [0, 0.05) is 22.1 Å². The van der Waals surface area contributed by atoms with Gasteiger partial charge in [0.05, 0.1) is 5.25 Å². The molecule has 0 saturated heterocycles. The zero-order chi connectivity index (χ0) is 9.84. The Balaban J connectivity index is 2.58. The maximum absolute atomic E-state index is 11.9. The molecule has 13 heavy (non-hydrogen) atoms. The summed E-state index contributed by atoms with van der Waals surface area (Å²) in [5, 5.41) is 0.511. The molecule has 3 unspecified atom stereocenters. The molecular weight excluding hydrogens is 182 g/mol. The summed E-state index contributed by atoms with van der Waals surface area (Å²) in [7, 11) is -0.724. The molecule has 0 heterocycles. The molecule has 0 radical (unpaired) electrons. The Kier molecular flexibility index (Phi) is 4.39. The predicted molar refractivity (Wildman–Crippen MR) is 58.1 cm³/mol. The van der Waals surface area contributed by atoms with Crippen molar-refractivity contribution in [1.29, 1.82) is 0 Å². The molecule has 0 aliphatic heterocycles. The molecule has 1 fully saturated rings. The average molecular weight is 203 g/mol. The lowest BCUT2D eigenvalue weighted by Crippen LogP contribution is -2.39. The first-order valence-electron chi connectivity index (χ1n) is 5.28. The molecule has 0 spiro atoms. The van der Waals surface area contributed by atoms with Gasteiger partial charge in [-0.15, -0.1) is 0 Å². The molecule has 1 saturated carbocycles. The molecule has 1 aliphatic carbocycles. The molecule has 0 amide bonds. The van der Waals surface area contributed by atoms with E-state index in [1.54, 1.807) is 0 Å². The number of hydrogen-bond acceptors (Lipinski definition) is 2. The fraction of sp³-hybridized carbons (Fsp3) is 1.00. The highest BCUT2D eigenvalue weighted by Crippen LogP contribution is 2.22. The first-order chi connectivity index (χ1) is 6.13. The molecule has 0 aromatic heterocycles. The van der Waals surface area contributed by atoms with Crippen molar-refractivity contribution >= 4 is 10.8 Å². The maximum atomic E-state index is 11.9. The fourth-order valence-corrected chi connectivity index (χ4v) is 3.52. The van der Waals surface area contributed by atoms with Crippen molar-refractivity contribution in [3.8, 4) is 0 Å². The van der Waals surface area contributed by atoms with E-state index in [4.69, 9.17) is 5.73 Å². The zero-order valence-corrected chi connectivity index (χ0v) is 9.48. The molecule has 78 valence electrons. The van der Waals surface area contributed by atoms with E-state index in [1.165, 1.54) is 19.3 Å². The van der Waals surface area contributed by atoms with Crippen LogP contribution in [0.3, 0.4) is 0 Å². The third-order valence-electron chi connectivity index (χ3n) is 2.77. The molecule has 0 bridgehead atoms. The van der Waals surface area contributed by atoms with Crippen molar-refractivity contribution in [3.63, 3.8) is 0 Å². The van der Waals surface area contributed by atoms with Crippen LogP contribution in [0.5, 0.6) is 0 Å². The van der Waals surface area contributed by atoms with Crippen LogP contribution in [0.2, 0.25) is 0 Å². The molecule has 2 nitrogen and oxygen atoms in total. The first kappa shape index (κ1) is 11.2. The highest BCUT2D eigenvalue weighted by molar-refractivity contribution is 7.86. The predicted octanol–water partition coefficient (Wildman–Crippen LogP) is 1.80. The summed E-state index contributed by atoms with van der Waals surface area (Å²) >= 11 is 0. The van der Waals surface area contributed by atoms with Gasteiger partial charge in [-0.25, -0.2) is 0 Å². The van der Waals surface area contributed by atoms with E-state index in [1.807, 2.05) is 13.8 Å². The minimum absolute atomic E-state index is 0.172. The third-order valence-corrected chi connectivity index (χ3v) is 4.88. The molecule has 2 N–H and O–H groups in total. The van der Waals surface area contributed by atoms with Gasteiger partial charge in [-0.05, 0) is 12.8 Å². The van der Waals surface area contributed by atoms with Crippen LogP contribution in [0.25, 0.3) is 0 Å². The Morgan fingerprint density at radius 3 is 2.46 bits per heavy atom. The van der Waals surface area contributed by atoms with Gasteiger partial charge in [0.1, 0.15) is 0 Å². The van der Waals surface area contributed by atoms with E-state index in [9.17, 15) is 4.21 Å². The standard InChI is InChI=1S/C10H21NOS/c1-8(2)13(12)10-7-5-3-4-6-9(10)11/h8-10H,3-7,11H2,1-2H3. The van der Waals surface area contributed by atoms with Crippen LogP contribution < -0.4 is 5.73 Å².